The van der Waals surface area contributed by atoms with E-state index in [1.807, 2.05) is 30.3 Å². The van der Waals surface area contributed by atoms with Crippen molar-refractivity contribution in [3.63, 3.8) is 0 Å². The van der Waals surface area contributed by atoms with Gasteiger partial charge in [0, 0.05) is 5.56 Å². The summed E-state index contributed by atoms with van der Waals surface area (Å²) < 4.78 is 10.7. The van der Waals surface area contributed by atoms with Gasteiger partial charge in [0.1, 0.15) is 0 Å². The molecule has 0 fully saturated rings. The van der Waals surface area contributed by atoms with Crippen LogP contribution in [0.25, 0.3) is 5.57 Å². The van der Waals surface area contributed by atoms with Crippen LogP contribution >= 0.6 is 0 Å². The number of nitrogens with zero attached hydrogens (tertiary/aromatic N) is 1. The number of nitrogens with two attached hydrogens (primary N) is 2. The Bertz CT molecular complexity index is 913. The van der Waals surface area contributed by atoms with Crippen LogP contribution in [-0.2, 0) is 6.42 Å². The summed E-state index contributed by atoms with van der Waals surface area (Å²) in [5.74, 6) is 0.628. The van der Waals surface area contributed by atoms with Crippen LogP contribution in [0.3, 0.4) is 0 Å². The van der Waals surface area contributed by atoms with Crippen LogP contribution in [0, 0.1) is 0 Å². The van der Waals surface area contributed by atoms with Crippen LogP contribution in [0.15, 0.2) is 47.5 Å². The predicted octanol–water partition coefficient (Wildman–Crippen LogP) is 2.50. The Labute approximate surface area is 152 Å². The SMILES string of the molecule is COc1ccc(C2=CCCc3ccc(C(=O)N=C(N)N)cc32)cc1OC. The number of carbonyl (C=O) groups is 1. The molecule has 6 heteroatoms. The summed E-state index contributed by atoms with van der Waals surface area (Å²) in [6.45, 7) is 0. The number of aryl methyl sites for hydroxylation is 1. The Hall–Kier alpha value is -3.28. The fourth-order valence-corrected chi connectivity index (χ4v) is 3.12. The van der Waals surface area contributed by atoms with Crippen molar-refractivity contribution in [3.05, 3.63) is 64.7 Å². The van der Waals surface area contributed by atoms with Gasteiger partial charge >= 0.3 is 0 Å². The van der Waals surface area contributed by atoms with E-state index in [0.717, 1.165) is 29.5 Å². The lowest BCUT2D eigenvalue weighted by Gasteiger charge is -2.20. The molecule has 1 aliphatic rings. The zero-order chi connectivity index (χ0) is 18.7. The van der Waals surface area contributed by atoms with Gasteiger partial charge in [-0.25, -0.2) is 0 Å². The first kappa shape index (κ1) is 17.5. The van der Waals surface area contributed by atoms with Gasteiger partial charge in [0.05, 0.1) is 14.2 Å². The monoisotopic (exact) mass is 351 g/mol. The Morgan fingerprint density at radius 2 is 1.81 bits per heavy atom. The Balaban J connectivity index is 2.06. The third-order valence-electron chi connectivity index (χ3n) is 4.33. The number of ether oxygens (including phenoxy) is 2. The smallest absolute Gasteiger partial charge is 0.280 e. The molecular formula is C20H21N3O3. The molecule has 1 aliphatic carbocycles. The molecule has 0 saturated heterocycles. The molecule has 0 aliphatic heterocycles. The number of rotatable bonds is 4. The molecule has 0 heterocycles. The van der Waals surface area contributed by atoms with Crippen molar-refractivity contribution in [1.29, 1.82) is 0 Å². The Morgan fingerprint density at radius 3 is 2.50 bits per heavy atom. The number of carbonyl (C=O) groups excluding carboxylic acids is 1. The van der Waals surface area contributed by atoms with Gasteiger partial charge in [-0.3, -0.25) is 4.79 Å². The molecule has 1 amide bonds. The number of hydrogen-bond donors (Lipinski definition) is 2. The van der Waals surface area contributed by atoms with Crippen molar-refractivity contribution in [3.8, 4) is 11.5 Å². The van der Waals surface area contributed by atoms with Gasteiger partial charge in [-0.05, 0) is 59.4 Å². The first-order valence-corrected chi connectivity index (χ1v) is 8.23. The summed E-state index contributed by atoms with van der Waals surface area (Å²) in [7, 11) is 3.21. The number of fused-ring (bicyclic) bond motifs is 1. The minimum absolute atomic E-state index is 0.247. The van der Waals surface area contributed by atoms with Gasteiger partial charge in [-0.2, -0.15) is 4.99 Å². The molecule has 0 spiro atoms. The number of amides is 1. The topological polar surface area (TPSA) is 99.9 Å². The average Bonchev–Trinajstić information content (AvgIpc) is 2.66. The van der Waals surface area contributed by atoms with Crippen molar-refractivity contribution >= 4 is 17.4 Å². The quantitative estimate of drug-likeness (QED) is 0.651. The highest BCUT2D eigenvalue weighted by Gasteiger charge is 2.18. The van der Waals surface area contributed by atoms with Crippen LogP contribution in [0.1, 0.15) is 33.5 Å². The van der Waals surface area contributed by atoms with Gasteiger partial charge in [-0.15, -0.1) is 0 Å². The molecule has 0 saturated carbocycles. The van der Waals surface area contributed by atoms with E-state index >= 15 is 0 Å². The van der Waals surface area contributed by atoms with Gasteiger partial charge in [0.25, 0.3) is 5.91 Å². The third kappa shape index (κ3) is 3.39. The van der Waals surface area contributed by atoms with Crippen LogP contribution in [0.5, 0.6) is 11.5 Å². The maximum atomic E-state index is 12.2. The first-order valence-electron chi connectivity index (χ1n) is 8.23. The molecule has 4 N–H and O–H groups in total. The standard InChI is InChI=1S/C20H21N3O3/c1-25-17-9-8-13(11-18(17)26-2)15-5-3-4-12-6-7-14(10-16(12)15)19(24)23-20(21)22/h5-11H,3-4H2,1-2H3,(H4,21,22,23,24). The van der Waals surface area contributed by atoms with Gasteiger partial charge in [-0.1, -0.05) is 18.2 Å². The molecule has 2 aromatic rings. The van der Waals surface area contributed by atoms with E-state index in [2.05, 4.69) is 11.1 Å². The number of hydrogen-bond acceptors (Lipinski definition) is 3. The lowest BCUT2D eigenvalue weighted by atomic mass is 9.85. The minimum atomic E-state index is -0.454. The van der Waals surface area contributed by atoms with Crippen LogP contribution in [0.2, 0.25) is 0 Å². The molecule has 2 aromatic carbocycles. The number of methoxy groups -OCH3 is 2. The molecule has 26 heavy (non-hydrogen) atoms. The largest absolute Gasteiger partial charge is 0.493 e. The number of allylic oxidation sites excluding steroid dienone is 1. The van der Waals surface area contributed by atoms with Gasteiger partial charge < -0.3 is 20.9 Å². The maximum absolute atomic E-state index is 12.2. The summed E-state index contributed by atoms with van der Waals surface area (Å²) >= 11 is 0. The summed E-state index contributed by atoms with van der Waals surface area (Å²) in [6.07, 6.45) is 4.01. The fourth-order valence-electron chi connectivity index (χ4n) is 3.12. The second kappa shape index (κ2) is 7.31. The zero-order valence-corrected chi connectivity index (χ0v) is 14.8. The van der Waals surface area contributed by atoms with Crippen molar-refractivity contribution in [1.82, 2.24) is 0 Å². The van der Waals surface area contributed by atoms with E-state index < -0.39 is 5.91 Å². The number of benzene rings is 2. The molecule has 0 unspecified atom stereocenters. The molecule has 0 bridgehead atoms. The molecule has 0 aromatic heterocycles. The van der Waals surface area contributed by atoms with Gasteiger partial charge in [0.15, 0.2) is 17.5 Å². The van der Waals surface area contributed by atoms with Crippen LogP contribution in [-0.4, -0.2) is 26.1 Å². The summed E-state index contributed by atoms with van der Waals surface area (Å²) in [6, 6.07) is 11.3. The first-order chi connectivity index (χ1) is 12.5. The summed E-state index contributed by atoms with van der Waals surface area (Å²) in [5.41, 5.74) is 15.3. The van der Waals surface area contributed by atoms with Crippen LogP contribution < -0.4 is 20.9 Å². The zero-order valence-electron chi connectivity index (χ0n) is 14.8. The molecule has 6 nitrogen and oxygen atoms in total. The summed E-state index contributed by atoms with van der Waals surface area (Å²) in [4.78, 5) is 15.8. The van der Waals surface area contributed by atoms with E-state index in [9.17, 15) is 4.79 Å². The predicted molar refractivity (Wildman–Crippen MR) is 102 cm³/mol. The van der Waals surface area contributed by atoms with E-state index in [-0.39, 0.29) is 5.96 Å². The van der Waals surface area contributed by atoms with Crippen molar-refractivity contribution in [2.24, 2.45) is 16.5 Å². The minimum Gasteiger partial charge on any atom is -0.493 e. The fraction of sp³-hybridized carbons (Fsp3) is 0.200. The Morgan fingerprint density at radius 1 is 1.04 bits per heavy atom. The van der Waals surface area contributed by atoms with E-state index in [4.69, 9.17) is 20.9 Å². The number of aliphatic imine (C=N–C) groups is 1. The second-order valence-corrected chi connectivity index (χ2v) is 5.94. The summed E-state index contributed by atoms with van der Waals surface area (Å²) in [5, 5.41) is 0. The highest BCUT2D eigenvalue weighted by Crippen LogP contribution is 2.36. The van der Waals surface area contributed by atoms with Crippen LogP contribution in [0.4, 0.5) is 0 Å². The van der Waals surface area contributed by atoms with Crippen molar-refractivity contribution in [2.45, 2.75) is 12.8 Å². The van der Waals surface area contributed by atoms with Crippen molar-refractivity contribution in [2.75, 3.05) is 14.2 Å². The molecule has 134 valence electrons. The maximum Gasteiger partial charge on any atom is 0.280 e. The lowest BCUT2D eigenvalue weighted by Crippen LogP contribution is -2.24. The molecule has 0 radical (unpaired) electrons. The molecule has 0 atom stereocenters. The lowest BCUT2D eigenvalue weighted by molar-refractivity contribution is 0.100. The second-order valence-electron chi connectivity index (χ2n) is 5.94. The highest BCUT2D eigenvalue weighted by atomic mass is 16.5. The number of guanidine groups is 1. The van der Waals surface area contributed by atoms with E-state index in [1.165, 1.54) is 5.56 Å². The molecular weight excluding hydrogens is 330 g/mol. The van der Waals surface area contributed by atoms with Crippen molar-refractivity contribution < 1.29 is 14.3 Å². The Kier molecular flexibility index (Phi) is 4.93. The van der Waals surface area contributed by atoms with E-state index in [1.54, 1.807) is 20.3 Å². The average molecular weight is 351 g/mol. The third-order valence-corrected chi connectivity index (χ3v) is 4.33. The normalized spacial score (nSPS) is 12.6. The molecule has 3 rings (SSSR count). The highest BCUT2D eigenvalue weighted by molar-refractivity contribution is 6.02. The van der Waals surface area contributed by atoms with E-state index in [0.29, 0.717) is 17.1 Å². The van der Waals surface area contributed by atoms with Gasteiger partial charge in [0.2, 0.25) is 0 Å².